The molecule has 47 heavy (non-hydrogen) atoms. The van der Waals surface area contributed by atoms with Crippen LogP contribution in [0.1, 0.15) is 61.0 Å². The standard InChI is InChI=1S/C38H42N2O7/c1-26(2)37(42)45-22-8-6-5-7-21-44-33-20-15-30-23-34(38(43)47-35(30)24-33)36(41)40-32-18-13-29(14-19-32)10-9-28-11-16-31(17-12-28)39-25-46-27(3)4/h11-20,23-24,39H,1,3,5-10,21-22,25H2,2,4H3,(H,40,41). The molecule has 0 atom stereocenters. The molecule has 0 bridgehead atoms. The Labute approximate surface area is 275 Å². The Morgan fingerprint density at radius 3 is 2.04 bits per heavy atom. The lowest BCUT2D eigenvalue weighted by Crippen LogP contribution is -2.20. The minimum atomic E-state index is -0.722. The van der Waals surface area contributed by atoms with Gasteiger partial charge in [-0.3, -0.25) is 4.79 Å². The molecule has 1 amide bonds. The second-order valence-corrected chi connectivity index (χ2v) is 11.3. The monoisotopic (exact) mass is 638 g/mol. The molecule has 246 valence electrons. The van der Waals surface area contributed by atoms with E-state index in [1.165, 1.54) is 11.6 Å². The summed E-state index contributed by atoms with van der Waals surface area (Å²) in [5.41, 5.74) is 3.85. The van der Waals surface area contributed by atoms with E-state index < -0.39 is 11.5 Å². The lowest BCUT2D eigenvalue weighted by molar-refractivity contribution is -0.139. The van der Waals surface area contributed by atoms with E-state index in [1.807, 2.05) is 43.3 Å². The predicted octanol–water partition coefficient (Wildman–Crippen LogP) is 7.81. The number of aryl methyl sites for hydroxylation is 2. The van der Waals surface area contributed by atoms with Crippen LogP contribution in [0.15, 0.2) is 106 Å². The van der Waals surface area contributed by atoms with Gasteiger partial charge in [0, 0.05) is 28.4 Å². The number of ether oxygens (including phenoxy) is 3. The van der Waals surface area contributed by atoms with Crippen LogP contribution in [0.4, 0.5) is 11.4 Å². The maximum Gasteiger partial charge on any atom is 0.349 e. The highest BCUT2D eigenvalue weighted by Crippen LogP contribution is 2.22. The molecular weight excluding hydrogens is 596 g/mol. The van der Waals surface area contributed by atoms with Gasteiger partial charge < -0.3 is 29.3 Å². The van der Waals surface area contributed by atoms with Gasteiger partial charge in [-0.2, -0.15) is 0 Å². The van der Waals surface area contributed by atoms with Crippen molar-refractivity contribution in [2.24, 2.45) is 0 Å². The van der Waals surface area contributed by atoms with Gasteiger partial charge >= 0.3 is 11.6 Å². The van der Waals surface area contributed by atoms with Crippen molar-refractivity contribution < 1.29 is 28.2 Å². The minimum absolute atomic E-state index is 0.0756. The Bertz CT molecular complexity index is 1740. The van der Waals surface area contributed by atoms with Gasteiger partial charge in [-0.25, -0.2) is 9.59 Å². The summed E-state index contributed by atoms with van der Waals surface area (Å²) in [6.45, 7) is 12.0. The average Bonchev–Trinajstić information content (AvgIpc) is 3.05. The van der Waals surface area contributed by atoms with Gasteiger partial charge in [0.05, 0.1) is 19.0 Å². The number of anilines is 2. The summed E-state index contributed by atoms with van der Waals surface area (Å²) in [5.74, 6) is 0.343. The number of esters is 1. The molecule has 9 nitrogen and oxygen atoms in total. The molecule has 0 radical (unpaired) electrons. The highest BCUT2D eigenvalue weighted by Gasteiger charge is 2.15. The molecule has 4 aromatic rings. The first kappa shape index (κ1) is 34.6. The summed E-state index contributed by atoms with van der Waals surface area (Å²) in [7, 11) is 0. The highest BCUT2D eigenvalue weighted by molar-refractivity contribution is 6.05. The van der Waals surface area contributed by atoms with Gasteiger partial charge in [-0.15, -0.1) is 0 Å². The fourth-order valence-electron chi connectivity index (χ4n) is 4.65. The zero-order valence-electron chi connectivity index (χ0n) is 27.1. The van der Waals surface area contributed by atoms with Crippen LogP contribution in [0, 0.1) is 0 Å². The minimum Gasteiger partial charge on any atom is -0.493 e. The molecule has 0 aliphatic heterocycles. The number of benzene rings is 3. The van der Waals surface area contributed by atoms with Crippen LogP contribution in [0.3, 0.4) is 0 Å². The number of rotatable bonds is 18. The summed E-state index contributed by atoms with van der Waals surface area (Å²) in [6.07, 6.45) is 5.16. The van der Waals surface area contributed by atoms with E-state index in [-0.39, 0.29) is 11.5 Å². The van der Waals surface area contributed by atoms with E-state index in [0.29, 0.717) is 53.7 Å². The molecule has 0 spiro atoms. The van der Waals surface area contributed by atoms with Crippen LogP contribution < -0.4 is 21.0 Å². The number of fused-ring (bicyclic) bond motifs is 1. The summed E-state index contributed by atoms with van der Waals surface area (Å²) in [5, 5.41) is 6.60. The molecule has 0 aliphatic carbocycles. The highest BCUT2D eigenvalue weighted by atomic mass is 16.5. The number of allylic oxidation sites excluding steroid dienone is 1. The van der Waals surface area contributed by atoms with E-state index in [9.17, 15) is 14.4 Å². The lowest BCUT2D eigenvalue weighted by Gasteiger charge is -2.10. The van der Waals surface area contributed by atoms with Gasteiger partial charge in [0.1, 0.15) is 16.9 Å². The number of nitrogens with one attached hydrogen (secondary N) is 2. The van der Waals surface area contributed by atoms with Crippen molar-refractivity contribution in [3.63, 3.8) is 0 Å². The van der Waals surface area contributed by atoms with Crippen LogP contribution in [0.2, 0.25) is 0 Å². The molecule has 9 heteroatoms. The molecular formula is C38H42N2O7. The second kappa shape index (κ2) is 17.4. The largest absolute Gasteiger partial charge is 0.493 e. The quantitative estimate of drug-likeness (QED) is 0.0283. The third-order valence-electron chi connectivity index (χ3n) is 7.30. The van der Waals surface area contributed by atoms with E-state index in [1.54, 1.807) is 25.1 Å². The first-order chi connectivity index (χ1) is 22.7. The first-order valence-corrected chi connectivity index (χ1v) is 15.7. The molecule has 3 aromatic carbocycles. The average molecular weight is 639 g/mol. The molecule has 0 fully saturated rings. The summed E-state index contributed by atoms with van der Waals surface area (Å²) in [4.78, 5) is 37.0. The van der Waals surface area contributed by atoms with Gasteiger partial charge in [-0.1, -0.05) is 37.4 Å². The first-order valence-electron chi connectivity index (χ1n) is 15.7. The van der Waals surface area contributed by atoms with Gasteiger partial charge in [0.15, 0.2) is 6.73 Å². The van der Waals surface area contributed by atoms with Crippen LogP contribution in [-0.4, -0.2) is 31.8 Å². The van der Waals surface area contributed by atoms with E-state index in [4.69, 9.17) is 18.6 Å². The molecule has 0 aliphatic rings. The topological polar surface area (TPSA) is 116 Å². The van der Waals surface area contributed by atoms with Crippen molar-refractivity contribution in [1.82, 2.24) is 0 Å². The zero-order chi connectivity index (χ0) is 33.6. The van der Waals surface area contributed by atoms with Crippen molar-refractivity contribution in [2.75, 3.05) is 30.6 Å². The van der Waals surface area contributed by atoms with E-state index >= 15 is 0 Å². The SMILES string of the molecule is C=C(C)OCNc1ccc(CCc2ccc(NC(=O)c3cc4ccc(OCCCCCCOC(=O)C(=C)C)cc4oc3=O)cc2)cc1. The summed E-state index contributed by atoms with van der Waals surface area (Å²) in [6, 6.07) is 22.5. The zero-order valence-corrected chi connectivity index (χ0v) is 27.1. The van der Waals surface area contributed by atoms with Crippen molar-refractivity contribution in [1.29, 1.82) is 0 Å². The second-order valence-electron chi connectivity index (χ2n) is 11.3. The Morgan fingerprint density at radius 2 is 1.40 bits per heavy atom. The maximum atomic E-state index is 13.0. The third-order valence-corrected chi connectivity index (χ3v) is 7.30. The summed E-state index contributed by atoms with van der Waals surface area (Å²) >= 11 is 0. The number of amides is 1. The smallest absolute Gasteiger partial charge is 0.349 e. The van der Waals surface area contributed by atoms with Crippen LogP contribution in [0.25, 0.3) is 11.0 Å². The molecule has 4 rings (SSSR count). The molecule has 1 aromatic heterocycles. The molecule has 0 saturated carbocycles. The molecule has 0 saturated heterocycles. The number of hydrogen-bond donors (Lipinski definition) is 2. The summed E-state index contributed by atoms with van der Waals surface area (Å²) < 4.78 is 21.7. The van der Waals surface area contributed by atoms with Crippen molar-refractivity contribution in [3.05, 3.63) is 124 Å². The Hall–Kier alpha value is -5.31. The van der Waals surface area contributed by atoms with E-state index in [0.717, 1.165) is 49.8 Å². The van der Waals surface area contributed by atoms with Gasteiger partial charge in [0.25, 0.3) is 5.91 Å². The Balaban J connectivity index is 1.22. The van der Waals surface area contributed by atoms with E-state index in [2.05, 4.69) is 35.9 Å². The van der Waals surface area contributed by atoms with Gasteiger partial charge in [-0.05, 0) is 106 Å². The van der Waals surface area contributed by atoms with Crippen LogP contribution in [-0.2, 0) is 27.1 Å². The van der Waals surface area contributed by atoms with Crippen molar-refractivity contribution >= 4 is 34.2 Å². The number of carbonyl (C=O) groups excluding carboxylic acids is 2. The van der Waals surface area contributed by atoms with Crippen LogP contribution >= 0.6 is 0 Å². The fraction of sp³-hybridized carbons (Fsp3) is 0.289. The molecule has 1 heterocycles. The lowest BCUT2D eigenvalue weighted by atomic mass is 10.0. The molecule has 2 N–H and O–H groups in total. The van der Waals surface area contributed by atoms with Crippen LogP contribution in [0.5, 0.6) is 5.75 Å². The molecule has 0 unspecified atom stereocenters. The number of unbranched alkanes of at least 4 members (excludes halogenated alkanes) is 3. The third kappa shape index (κ3) is 11.2. The van der Waals surface area contributed by atoms with Gasteiger partial charge in [0.2, 0.25) is 0 Å². The predicted molar refractivity (Wildman–Crippen MR) is 185 cm³/mol. The van der Waals surface area contributed by atoms with Crippen molar-refractivity contribution in [2.45, 2.75) is 52.4 Å². The van der Waals surface area contributed by atoms with Crippen molar-refractivity contribution in [3.8, 4) is 5.75 Å². The Kier molecular flexibility index (Phi) is 12.8. The maximum absolute atomic E-state index is 13.0. The fourth-order valence-corrected chi connectivity index (χ4v) is 4.65. The number of hydrogen-bond acceptors (Lipinski definition) is 8. The number of carbonyl (C=O) groups is 2. The Morgan fingerprint density at radius 1 is 0.766 bits per heavy atom. The normalized spacial score (nSPS) is 10.7.